The molecular weight excluding hydrogens is 226 g/mol. The molecule has 0 aliphatic heterocycles. The largest absolute Gasteiger partial charge is 0.303 e. The standard InChI is InChI=1S/C11H15NO3S/c1-2-10-4-6-11(7-5-10)16(14,15)12-8-3-9-13/h4-7,9,12H,2-3,8H2,1H3. The van der Waals surface area contributed by atoms with Crippen LogP contribution in [0.25, 0.3) is 0 Å². The van der Waals surface area contributed by atoms with Crippen LogP contribution in [0.15, 0.2) is 29.2 Å². The van der Waals surface area contributed by atoms with Crippen LogP contribution in [0.4, 0.5) is 0 Å². The monoisotopic (exact) mass is 241 g/mol. The minimum Gasteiger partial charge on any atom is -0.303 e. The van der Waals surface area contributed by atoms with E-state index in [1.807, 2.05) is 6.92 Å². The highest BCUT2D eigenvalue weighted by Gasteiger charge is 2.12. The van der Waals surface area contributed by atoms with Gasteiger partial charge in [-0.25, -0.2) is 13.1 Å². The highest BCUT2D eigenvalue weighted by atomic mass is 32.2. The van der Waals surface area contributed by atoms with Crippen molar-refractivity contribution >= 4 is 16.3 Å². The molecule has 0 saturated carbocycles. The maximum atomic E-state index is 11.7. The summed E-state index contributed by atoms with van der Waals surface area (Å²) in [6.45, 7) is 2.15. The lowest BCUT2D eigenvalue weighted by Crippen LogP contribution is -2.24. The molecule has 88 valence electrons. The molecule has 1 N–H and O–H groups in total. The van der Waals surface area contributed by atoms with E-state index in [-0.39, 0.29) is 17.9 Å². The Bertz CT molecular complexity index is 437. The molecule has 0 amide bonds. The molecule has 0 aromatic heterocycles. The van der Waals surface area contributed by atoms with Crippen LogP contribution in [-0.4, -0.2) is 21.2 Å². The van der Waals surface area contributed by atoms with E-state index in [4.69, 9.17) is 0 Å². The molecule has 1 aromatic rings. The fourth-order valence-corrected chi connectivity index (χ4v) is 2.29. The lowest BCUT2D eigenvalue weighted by molar-refractivity contribution is -0.107. The number of benzene rings is 1. The molecule has 1 aromatic carbocycles. The molecular formula is C11H15NO3S. The van der Waals surface area contributed by atoms with Crippen molar-refractivity contribution < 1.29 is 13.2 Å². The van der Waals surface area contributed by atoms with Crippen molar-refractivity contribution in [2.75, 3.05) is 6.54 Å². The van der Waals surface area contributed by atoms with Crippen molar-refractivity contribution in [2.24, 2.45) is 0 Å². The van der Waals surface area contributed by atoms with Gasteiger partial charge in [-0.2, -0.15) is 0 Å². The van der Waals surface area contributed by atoms with Crippen LogP contribution in [0.2, 0.25) is 0 Å². The van der Waals surface area contributed by atoms with Gasteiger partial charge >= 0.3 is 0 Å². The molecule has 0 fully saturated rings. The summed E-state index contributed by atoms with van der Waals surface area (Å²) in [7, 11) is -3.47. The number of rotatable bonds is 6. The molecule has 16 heavy (non-hydrogen) atoms. The summed E-state index contributed by atoms with van der Waals surface area (Å²) >= 11 is 0. The lowest BCUT2D eigenvalue weighted by Gasteiger charge is -2.05. The van der Waals surface area contributed by atoms with E-state index in [1.165, 1.54) is 0 Å². The van der Waals surface area contributed by atoms with Crippen molar-refractivity contribution in [1.29, 1.82) is 0 Å². The summed E-state index contributed by atoms with van der Waals surface area (Å²) in [5.74, 6) is 0. The number of hydrogen-bond donors (Lipinski definition) is 1. The molecule has 0 atom stereocenters. The van der Waals surface area contributed by atoms with Gasteiger partial charge < -0.3 is 4.79 Å². The molecule has 0 radical (unpaired) electrons. The first-order valence-corrected chi connectivity index (χ1v) is 6.60. The molecule has 4 nitrogen and oxygen atoms in total. The topological polar surface area (TPSA) is 63.2 Å². The lowest BCUT2D eigenvalue weighted by atomic mass is 10.2. The zero-order valence-electron chi connectivity index (χ0n) is 9.14. The van der Waals surface area contributed by atoms with Gasteiger partial charge in [0, 0.05) is 13.0 Å². The molecule has 1 rings (SSSR count). The number of sulfonamides is 1. The van der Waals surface area contributed by atoms with E-state index >= 15 is 0 Å². The van der Waals surface area contributed by atoms with Crippen LogP contribution in [0, 0.1) is 0 Å². The van der Waals surface area contributed by atoms with E-state index in [9.17, 15) is 13.2 Å². The minimum atomic E-state index is -3.47. The molecule has 0 heterocycles. The van der Waals surface area contributed by atoms with Crippen molar-refractivity contribution in [3.8, 4) is 0 Å². The Hall–Kier alpha value is -1.20. The van der Waals surface area contributed by atoms with Crippen molar-refractivity contribution in [3.63, 3.8) is 0 Å². The summed E-state index contributed by atoms with van der Waals surface area (Å²) in [4.78, 5) is 10.3. The second-order valence-corrected chi connectivity index (χ2v) is 5.12. The zero-order chi connectivity index (χ0) is 12.0. The molecule has 0 aliphatic rings. The summed E-state index contributed by atoms with van der Waals surface area (Å²) in [5.41, 5.74) is 1.09. The van der Waals surface area contributed by atoms with Gasteiger partial charge in [-0.05, 0) is 24.1 Å². The second-order valence-electron chi connectivity index (χ2n) is 3.35. The van der Waals surface area contributed by atoms with Crippen LogP contribution >= 0.6 is 0 Å². The summed E-state index contributed by atoms with van der Waals surface area (Å²) < 4.78 is 25.7. The van der Waals surface area contributed by atoms with E-state index in [2.05, 4.69) is 4.72 Å². The zero-order valence-corrected chi connectivity index (χ0v) is 9.96. The Morgan fingerprint density at radius 1 is 1.25 bits per heavy atom. The van der Waals surface area contributed by atoms with E-state index in [0.29, 0.717) is 6.29 Å². The third-order valence-electron chi connectivity index (χ3n) is 2.20. The highest BCUT2D eigenvalue weighted by Crippen LogP contribution is 2.10. The quantitative estimate of drug-likeness (QED) is 0.599. The van der Waals surface area contributed by atoms with Gasteiger partial charge in [0.15, 0.2) is 0 Å². The van der Waals surface area contributed by atoms with Crippen LogP contribution in [-0.2, 0) is 21.2 Å². The first-order valence-electron chi connectivity index (χ1n) is 5.12. The molecule has 0 bridgehead atoms. The third kappa shape index (κ3) is 3.43. The Morgan fingerprint density at radius 3 is 2.38 bits per heavy atom. The maximum Gasteiger partial charge on any atom is 0.240 e. The Labute approximate surface area is 95.7 Å². The van der Waals surface area contributed by atoms with Gasteiger partial charge in [-0.1, -0.05) is 19.1 Å². The summed E-state index contributed by atoms with van der Waals surface area (Å²) in [6.07, 6.45) is 1.74. The highest BCUT2D eigenvalue weighted by molar-refractivity contribution is 7.89. The smallest absolute Gasteiger partial charge is 0.240 e. The van der Waals surface area contributed by atoms with Gasteiger partial charge in [0.2, 0.25) is 10.0 Å². The minimum absolute atomic E-state index is 0.140. The van der Waals surface area contributed by atoms with Gasteiger partial charge in [0.05, 0.1) is 4.90 Å². The number of aldehydes is 1. The second kappa shape index (κ2) is 5.77. The van der Waals surface area contributed by atoms with E-state index in [0.717, 1.165) is 12.0 Å². The van der Waals surface area contributed by atoms with Gasteiger partial charge in [-0.3, -0.25) is 0 Å². The fraction of sp³-hybridized carbons (Fsp3) is 0.364. The van der Waals surface area contributed by atoms with Gasteiger partial charge in [-0.15, -0.1) is 0 Å². The van der Waals surface area contributed by atoms with E-state index < -0.39 is 10.0 Å². The molecule has 0 unspecified atom stereocenters. The summed E-state index contributed by atoms with van der Waals surface area (Å²) in [6, 6.07) is 6.72. The summed E-state index contributed by atoms with van der Waals surface area (Å²) in [5, 5.41) is 0. The SMILES string of the molecule is CCc1ccc(S(=O)(=O)NCCC=O)cc1. The fourth-order valence-electron chi connectivity index (χ4n) is 1.24. The Kier molecular flexibility index (Phi) is 4.64. The Balaban J connectivity index is 2.77. The molecule has 0 saturated heterocycles. The number of hydrogen-bond acceptors (Lipinski definition) is 3. The number of aryl methyl sites for hydroxylation is 1. The first-order chi connectivity index (χ1) is 7.60. The van der Waals surface area contributed by atoms with Crippen molar-refractivity contribution in [1.82, 2.24) is 4.72 Å². The molecule has 5 heteroatoms. The average molecular weight is 241 g/mol. The third-order valence-corrected chi connectivity index (χ3v) is 3.67. The molecule has 0 spiro atoms. The first kappa shape index (κ1) is 12.9. The van der Waals surface area contributed by atoms with Crippen LogP contribution in [0.3, 0.4) is 0 Å². The van der Waals surface area contributed by atoms with Crippen molar-refractivity contribution in [2.45, 2.75) is 24.7 Å². The van der Waals surface area contributed by atoms with Crippen LogP contribution < -0.4 is 4.72 Å². The Morgan fingerprint density at radius 2 is 1.88 bits per heavy atom. The van der Waals surface area contributed by atoms with Crippen LogP contribution in [0.5, 0.6) is 0 Å². The predicted octanol–water partition coefficient (Wildman–Crippen LogP) is 1.12. The van der Waals surface area contributed by atoms with Crippen molar-refractivity contribution in [3.05, 3.63) is 29.8 Å². The van der Waals surface area contributed by atoms with E-state index in [1.54, 1.807) is 24.3 Å². The maximum absolute atomic E-state index is 11.7. The molecule has 0 aliphatic carbocycles. The average Bonchev–Trinajstić information content (AvgIpc) is 2.29. The predicted molar refractivity (Wildman–Crippen MR) is 61.7 cm³/mol. The van der Waals surface area contributed by atoms with Crippen LogP contribution in [0.1, 0.15) is 18.9 Å². The number of carbonyl (C=O) groups excluding carboxylic acids is 1. The number of carbonyl (C=O) groups is 1. The normalized spacial score (nSPS) is 11.3. The number of nitrogens with one attached hydrogen (secondary N) is 1. The van der Waals surface area contributed by atoms with Gasteiger partial charge in [0.25, 0.3) is 0 Å². The van der Waals surface area contributed by atoms with Gasteiger partial charge in [0.1, 0.15) is 6.29 Å².